The van der Waals surface area contributed by atoms with Gasteiger partial charge in [-0.2, -0.15) is 5.10 Å². The number of benzene rings is 1. The van der Waals surface area contributed by atoms with Crippen LogP contribution in [0.4, 0.5) is 0 Å². The van der Waals surface area contributed by atoms with Crippen molar-refractivity contribution in [1.82, 2.24) is 24.7 Å². The molecule has 0 spiro atoms. The Balaban J connectivity index is 1.49. The number of aromatic nitrogens is 5. The van der Waals surface area contributed by atoms with Crippen LogP contribution in [0.25, 0.3) is 11.4 Å². The van der Waals surface area contributed by atoms with Crippen molar-refractivity contribution in [2.75, 3.05) is 11.6 Å². The molecule has 0 radical (unpaired) electrons. The van der Waals surface area contributed by atoms with E-state index in [4.69, 9.17) is 29.0 Å². The topological polar surface area (TPSA) is 74.5 Å². The molecule has 3 aromatic rings. The Kier molecular flexibility index (Phi) is 6.23. The summed E-state index contributed by atoms with van der Waals surface area (Å²) in [5.74, 6) is 7.58. The third kappa shape index (κ3) is 4.68. The van der Waals surface area contributed by atoms with Gasteiger partial charge < -0.3 is 5.84 Å². The maximum atomic E-state index is 6.21. The standard InChI is InChI=1S/C16H18Cl2N6S/c17-12-5-6-13(14(18)11-12)15-21-22-16(24(15)19)25-10-3-1-2-8-23-9-4-7-20-23/h4-7,9,11H,1-3,8,10,19H2. The van der Waals surface area contributed by atoms with Crippen molar-refractivity contribution in [1.29, 1.82) is 0 Å². The molecule has 3 rings (SSSR count). The lowest BCUT2D eigenvalue weighted by Crippen LogP contribution is -2.11. The molecule has 0 amide bonds. The SMILES string of the molecule is Nn1c(SCCCCCn2cccn2)nnc1-c1ccc(Cl)cc1Cl. The quantitative estimate of drug-likeness (QED) is 0.352. The summed E-state index contributed by atoms with van der Waals surface area (Å²) in [7, 11) is 0. The largest absolute Gasteiger partial charge is 0.335 e. The predicted molar refractivity (Wildman–Crippen MR) is 102 cm³/mol. The van der Waals surface area contributed by atoms with Gasteiger partial charge in [-0.25, -0.2) is 4.68 Å². The molecular weight excluding hydrogens is 379 g/mol. The zero-order chi connectivity index (χ0) is 17.6. The first-order chi connectivity index (χ1) is 12.1. The lowest BCUT2D eigenvalue weighted by Gasteiger charge is -2.06. The van der Waals surface area contributed by atoms with Gasteiger partial charge in [0.1, 0.15) is 0 Å². The van der Waals surface area contributed by atoms with Crippen molar-refractivity contribution < 1.29 is 0 Å². The number of nitrogen functional groups attached to an aromatic ring is 1. The monoisotopic (exact) mass is 396 g/mol. The third-order valence-corrected chi connectivity index (χ3v) is 5.24. The van der Waals surface area contributed by atoms with Crippen molar-refractivity contribution in [3.05, 3.63) is 46.7 Å². The minimum atomic E-state index is 0.502. The molecule has 0 unspecified atom stereocenters. The molecule has 2 heterocycles. The summed E-state index contributed by atoms with van der Waals surface area (Å²) in [6.45, 7) is 0.948. The fourth-order valence-electron chi connectivity index (χ4n) is 2.38. The number of hydrogen-bond acceptors (Lipinski definition) is 5. The van der Waals surface area contributed by atoms with Crippen LogP contribution >= 0.6 is 35.0 Å². The highest BCUT2D eigenvalue weighted by molar-refractivity contribution is 7.99. The molecule has 0 saturated heterocycles. The summed E-state index contributed by atoms with van der Waals surface area (Å²) in [6.07, 6.45) is 7.09. The van der Waals surface area contributed by atoms with E-state index in [-0.39, 0.29) is 0 Å². The number of aryl methyl sites for hydroxylation is 1. The van der Waals surface area contributed by atoms with Gasteiger partial charge in [0, 0.05) is 35.3 Å². The van der Waals surface area contributed by atoms with E-state index in [1.54, 1.807) is 36.2 Å². The Morgan fingerprint density at radius 1 is 1.12 bits per heavy atom. The van der Waals surface area contributed by atoms with Crippen molar-refractivity contribution >= 4 is 35.0 Å². The van der Waals surface area contributed by atoms with Gasteiger partial charge in [-0.05, 0) is 37.1 Å². The lowest BCUT2D eigenvalue weighted by atomic mass is 10.2. The molecule has 9 heteroatoms. The van der Waals surface area contributed by atoms with Crippen LogP contribution in [0.3, 0.4) is 0 Å². The van der Waals surface area contributed by atoms with E-state index in [9.17, 15) is 0 Å². The van der Waals surface area contributed by atoms with Crippen molar-refractivity contribution in [3.8, 4) is 11.4 Å². The van der Waals surface area contributed by atoms with E-state index >= 15 is 0 Å². The number of unbranched alkanes of at least 4 members (excludes halogenated alkanes) is 2. The first-order valence-electron chi connectivity index (χ1n) is 7.91. The number of hydrogen-bond donors (Lipinski definition) is 1. The zero-order valence-electron chi connectivity index (χ0n) is 13.5. The molecule has 0 aliphatic rings. The maximum Gasteiger partial charge on any atom is 0.210 e. The highest BCUT2D eigenvalue weighted by Gasteiger charge is 2.14. The molecule has 6 nitrogen and oxygen atoms in total. The van der Waals surface area contributed by atoms with Gasteiger partial charge in [0.25, 0.3) is 0 Å². The second kappa shape index (κ2) is 8.60. The van der Waals surface area contributed by atoms with Gasteiger partial charge in [-0.3, -0.25) is 4.68 Å². The summed E-state index contributed by atoms with van der Waals surface area (Å²) >= 11 is 13.7. The average Bonchev–Trinajstić information content (AvgIpc) is 3.22. The molecule has 0 saturated carbocycles. The van der Waals surface area contributed by atoms with Gasteiger partial charge >= 0.3 is 0 Å². The molecule has 0 fully saturated rings. The number of rotatable bonds is 8. The van der Waals surface area contributed by atoms with Crippen molar-refractivity contribution in [3.63, 3.8) is 0 Å². The minimum Gasteiger partial charge on any atom is -0.335 e. The van der Waals surface area contributed by atoms with Crippen LogP contribution in [-0.4, -0.2) is 30.4 Å². The second-order valence-electron chi connectivity index (χ2n) is 5.48. The van der Waals surface area contributed by atoms with Crippen LogP contribution < -0.4 is 5.84 Å². The molecule has 1 aromatic carbocycles. The second-order valence-corrected chi connectivity index (χ2v) is 7.38. The number of halogens is 2. The van der Waals surface area contributed by atoms with Crippen LogP contribution in [0.2, 0.25) is 10.0 Å². The van der Waals surface area contributed by atoms with Crippen LogP contribution in [-0.2, 0) is 6.54 Å². The van der Waals surface area contributed by atoms with E-state index < -0.39 is 0 Å². The van der Waals surface area contributed by atoms with Gasteiger partial charge in [0.05, 0.1) is 5.02 Å². The predicted octanol–water partition coefficient (Wildman–Crippen LogP) is 4.12. The van der Waals surface area contributed by atoms with Gasteiger partial charge in [-0.1, -0.05) is 41.4 Å². The highest BCUT2D eigenvalue weighted by atomic mass is 35.5. The highest BCUT2D eigenvalue weighted by Crippen LogP contribution is 2.30. The molecule has 0 atom stereocenters. The van der Waals surface area contributed by atoms with Crippen LogP contribution in [0.1, 0.15) is 19.3 Å². The fourth-order valence-corrected chi connectivity index (χ4v) is 3.73. The molecule has 25 heavy (non-hydrogen) atoms. The van der Waals surface area contributed by atoms with E-state index in [2.05, 4.69) is 15.3 Å². The molecule has 132 valence electrons. The summed E-state index contributed by atoms with van der Waals surface area (Å²) in [5, 5.41) is 14.3. The van der Waals surface area contributed by atoms with Crippen LogP contribution in [0.5, 0.6) is 0 Å². The number of thioether (sulfide) groups is 1. The Hall–Kier alpha value is -1.70. The number of nitrogens with zero attached hydrogens (tertiary/aromatic N) is 5. The maximum absolute atomic E-state index is 6.21. The summed E-state index contributed by atoms with van der Waals surface area (Å²) in [4.78, 5) is 0. The first kappa shape index (κ1) is 18.1. The van der Waals surface area contributed by atoms with Crippen molar-refractivity contribution in [2.45, 2.75) is 31.0 Å². The smallest absolute Gasteiger partial charge is 0.210 e. The molecule has 0 aliphatic carbocycles. The Labute approximate surface area is 160 Å². The molecule has 0 bridgehead atoms. The Morgan fingerprint density at radius 2 is 2.00 bits per heavy atom. The first-order valence-corrected chi connectivity index (χ1v) is 9.65. The summed E-state index contributed by atoms with van der Waals surface area (Å²) in [6, 6.07) is 7.15. The molecule has 2 aromatic heterocycles. The third-order valence-electron chi connectivity index (χ3n) is 3.66. The van der Waals surface area contributed by atoms with Crippen LogP contribution in [0, 0.1) is 0 Å². The van der Waals surface area contributed by atoms with E-state index in [1.165, 1.54) is 4.68 Å². The van der Waals surface area contributed by atoms with Gasteiger partial charge in [0.2, 0.25) is 5.16 Å². The van der Waals surface area contributed by atoms with Crippen LogP contribution in [0.15, 0.2) is 41.8 Å². The minimum absolute atomic E-state index is 0.502. The van der Waals surface area contributed by atoms with Gasteiger partial charge in [0.15, 0.2) is 5.82 Å². The Morgan fingerprint density at radius 3 is 2.76 bits per heavy atom. The van der Waals surface area contributed by atoms with E-state index in [1.807, 2.05) is 16.9 Å². The van der Waals surface area contributed by atoms with Gasteiger partial charge in [-0.15, -0.1) is 10.2 Å². The van der Waals surface area contributed by atoms with E-state index in [0.29, 0.717) is 26.6 Å². The Bertz CT molecular complexity index is 818. The van der Waals surface area contributed by atoms with E-state index in [0.717, 1.165) is 31.6 Å². The number of nitrogens with two attached hydrogens (primary N) is 1. The molecular formula is C16H18Cl2N6S. The lowest BCUT2D eigenvalue weighted by molar-refractivity contribution is 0.554. The summed E-state index contributed by atoms with van der Waals surface area (Å²) in [5.41, 5.74) is 0.715. The molecule has 2 N–H and O–H groups in total. The zero-order valence-corrected chi connectivity index (χ0v) is 15.8. The van der Waals surface area contributed by atoms with Crippen molar-refractivity contribution in [2.24, 2.45) is 0 Å². The molecule has 0 aliphatic heterocycles. The summed E-state index contributed by atoms with van der Waals surface area (Å²) < 4.78 is 3.43. The normalized spacial score (nSPS) is 11.1. The average molecular weight is 397 g/mol. The fraction of sp³-hybridized carbons (Fsp3) is 0.312.